The van der Waals surface area contributed by atoms with Crippen molar-refractivity contribution >= 4 is 29.9 Å². The molecule has 2 aliphatic heterocycles. The minimum absolute atomic E-state index is 0. The number of halogens is 1. The zero-order valence-electron chi connectivity index (χ0n) is 19.3. The van der Waals surface area contributed by atoms with E-state index in [0.717, 1.165) is 90.8 Å². The third-order valence-electron chi connectivity index (χ3n) is 6.28. The largest absolute Gasteiger partial charge is 0.381 e. The molecule has 0 aromatic heterocycles. The van der Waals surface area contributed by atoms with E-state index in [1.54, 1.807) is 0 Å². The molecule has 2 fully saturated rings. The standard InChI is InChI=1S/C24H40N4O2.HI/c1-3-23(22-8-5-4-6-9-22)27-13-15-28(16-14-27)24(25-2)26-12-7-17-30-20-21-10-18-29-19-11-21;/h4-6,8-9,21,23H,3,7,10-20H2,1-2H3,(H,25,26);1H. The van der Waals surface area contributed by atoms with Gasteiger partial charge in [-0.05, 0) is 37.2 Å². The Morgan fingerprint density at radius 2 is 1.87 bits per heavy atom. The second-order valence-electron chi connectivity index (χ2n) is 8.32. The van der Waals surface area contributed by atoms with E-state index in [1.165, 1.54) is 5.56 Å². The third kappa shape index (κ3) is 8.51. The number of guanidine groups is 1. The molecular formula is C24H41IN4O2. The van der Waals surface area contributed by atoms with Crippen LogP contribution in [-0.2, 0) is 9.47 Å². The molecule has 0 amide bonds. The van der Waals surface area contributed by atoms with Gasteiger partial charge in [0.25, 0.3) is 0 Å². The first-order valence-electron chi connectivity index (χ1n) is 11.7. The number of hydrogen-bond acceptors (Lipinski definition) is 4. The first-order chi connectivity index (χ1) is 14.8. The molecule has 176 valence electrons. The van der Waals surface area contributed by atoms with Gasteiger partial charge in [-0.1, -0.05) is 37.3 Å². The lowest BCUT2D eigenvalue weighted by molar-refractivity contribution is 0.0203. The highest BCUT2D eigenvalue weighted by atomic mass is 127. The molecule has 1 unspecified atom stereocenters. The van der Waals surface area contributed by atoms with Gasteiger partial charge in [0.2, 0.25) is 0 Å². The topological polar surface area (TPSA) is 49.3 Å². The molecule has 7 heteroatoms. The van der Waals surface area contributed by atoms with E-state index in [-0.39, 0.29) is 24.0 Å². The molecule has 1 aromatic carbocycles. The summed E-state index contributed by atoms with van der Waals surface area (Å²) in [6.45, 7) is 10.8. The van der Waals surface area contributed by atoms with Crippen LogP contribution in [-0.4, -0.2) is 82.0 Å². The average molecular weight is 545 g/mol. The van der Waals surface area contributed by atoms with Crippen molar-refractivity contribution in [3.8, 4) is 0 Å². The highest BCUT2D eigenvalue weighted by Crippen LogP contribution is 2.25. The smallest absolute Gasteiger partial charge is 0.193 e. The van der Waals surface area contributed by atoms with Gasteiger partial charge in [0.1, 0.15) is 0 Å². The van der Waals surface area contributed by atoms with Gasteiger partial charge in [0.15, 0.2) is 5.96 Å². The minimum Gasteiger partial charge on any atom is -0.381 e. The van der Waals surface area contributed by atoms with Crippen LogP contribution < -0.4 is 5.32 Å². The molecule has 0 bridgehead atoms. The summed E-state index contributed by atoms with van der Waals surface area (Å²) in [5, 5.41) is 3.52. The molecule has 1 N–H and O–H groups in total. The Balaban J connectivity index is 0.00000341. The van der Waals surface area contributed by atoms with E-state index in [0.29, 0.717) is 12.0 Å². The highest BCUT2D eigenvalue weighted by Gasteiger charge is 2.25. The lowest BCUT2D eigenvalue weighted by atomic mass is 10.0. The summed E-state index contributed by atoms with van der Waals surface area (Å²) in [5.74, 6) is 1.70. The van der Waals surface area contributed by atoms with Gasteiger partial charge in [-0.25, -0.2) is 0 Å². The van der Waals surface area contributed by atoms with Crippen LogP contribution in [0, 0.1) is 5.92 Å². The van der Waals surface area contributed by atoms with Crippen molar-refractivity contribution < 1.29 is 9.47 Å². The maximum atomic E-state index is 5.87. The molecule has 2 saturated heterocycles. The van der Waals surface area contributed by atoms with Crippen LogP contribution in [0.5, 0.6) is 0 Å². The van der Waals surface area contributed by atoms with Crippen LogP contribution in [0.1, 0.15) is 44.2 Å². The number of benzene rings is 1. The minimum atomic E-state index is 0. The van der Waals surface area contributed by atoms with Crippen LogP contribution >= 0.6 is 24.0 Å². The second kappa shape index (κ2) is 15.0. The van der Waals surface area contributed by atoms with Crippen LogP contribution in [0.25, 0.3) is 0 Å². The lowest BCUT2D eigenvalue weighted by Crippen LogP contribution is -2.53. The van der Waals surface area contributed by atoms with Crippen LogP contribution in [0.3, 0.4) is 0 Å². The molecule has 0 spiro atoms. The van der Waals surface area contributed by atoms with E-state index in [1.807, 2.05) is 7.05 Å². The van der Waals surface area contributed by atoms with E-state index >= 15 is 0 Å². The molecule has 0 saturated carbocycles. The maximum absolute atomic E-state index is 5.87. The predicted octanol–water partition coefficient (Wildman–Crippen LogP) is 3.78. The Hall–Kier alpha value is -0.900. The average Bonchev–Trinajstić information content (AvgIpc) is 2.81. The van der Waals surface area contributed by atoms with Gasteiger partial charge in [-0.2, -0.15) is 0 Å². The number of nitrogens with one attached hydrogen (secondary N) is 1. The van der Waals surface area contributed by atoms with Crippen molar-refractivity contribution in [2.75, 3.05) is 66.2 Å². The molecule has 1 atom stereocenters. The number of aliphatic imine (C=N–C) groups is 1. The molecule has 2 heterocycles. The molecule has 31 heavy (non-hydrogen) atoms. The van der Waals surface area contributed by atoms with E-state index in [9.17, 15) is 0 Å². The Kier molecular flexibility index (Phi) is 12.8. The van der Waals surface area contributed by atoms with Crippen molar-refractivity contribution in [2.24, 2.45) is 10.9 Å². The fourth-order valence-electron chi connectivity index (χ4n) is 4.50. The molecule has 1 aromatic rings. The SMILES string of the molecule is CCC(c1ccccc1)N1CCN(C(=NC)NCCCOCC2CCOCC2)CC1.I. The summed E-state index contributed by atoms with van der Waals surface area (Å²) in [6.07, 6.45) is 4.43. The summed E-state index contributed by atoms with van der Waals surface area (Å²) in [6, 6.07) is 11.4. The fourth-order valence-corrected chi connectivity index (χ4v) is 4.50. The maximum Gasteiger partial charge on any atom is 0.193 e. The molecule has 6 nitrogen and oxygen atoms in total. The monoisotopic (exact) mass is 544 g/mol. The van der Waals surface area contributed by atoms with Crippen molar-refractivity contribution in [1.82, 2.24) is 15.1 Å². The van der Waals surface area contributed by atoms with Gasteiger partial charge in [-0.15, -0.1) is 24.0 Å². The Labute approximate surface area is 205 Å². The quantitative estimate of drug-likeness (QED) is 0.222. The predicted molar refractivity (Wildman–Crippen MR) is 138 cm³/mol. The van der Waals surface area contributed by atoms with Crippen LogP contribution in [0.2, 0.25) is 0 Å². The third-order valence-corrected chi connectivity index (χ3v) is 6.28. The van der Waals surface area contributed by atoms with Crippen LogP contribution in [0.4, 0.5) is 0 Å². The summed E-state index contributed by atoms with van der Waals surface area (Å²) >= 11 is 0. The van der Waals surface area contributed by atoms with Crippen molar-refractivity contribution in [3.63, 3.8) is 0 Å². The number of nitrogens with zero attached hydrogens (tertiary/aromatic N) is 3. The summed E-state index contributed by atoms with van der Waals surface area (Å²) in [4.78, 5) is 9.51. The summed E-state index contributed by atoms with van der Waals surface area (Å²) in [7, 11) is 1.88. The Bertz CT molecular complexity index is 617. The molecule has 0 aliphatic carbocycles. The van der Waals surface area contributed by atoms with Gasteiger partial charge in [-0.3, -0.25) is 9.89 Å². The lowest BCUT2D eigenvalue weighted by Gasteiger charge is -2.40. The molecule has 0 radical (unpaired) electrons. The van der Waals surface area contributed by atoms with Crippen molar-refractivity contribution in [3.05, 3.63) is 35.9 Å². The van der Waals surface area contributed by atoms with Gasteiger partial charge in [0.05, 0.1) is 0 Å². The number of piperazine rings is 1. The van der Waals surface area contributed by atoms with Gasteiger partial charge >= 0.3 is 0 Å². The van der Waals surface area contributed by atoms with Crippen LogP contribution in [0.15, 0.2) is 35.3 Å². The first-order valence-corrected chi connectivity index (χ1v) is 11.7. The summed E-state index contributed by atoms with van der Waals surface area (Å²) < 4.78 is 11.3. The zero-order valence-corrected chi connectivity index (χ0v) is 21.6. The number of ether oxygens (including phenoxy) is 2. The van der Waals surface area contributed by atoms with Gasteiger partial charge < -0.3 is 19.7 Å². The number of hydrogen-bond donors (Lipinski definition) is 1. The second-order valence-corrected chi connectivity index (χ2v) is 8.32. The molecule has 2 aliphatic rings. The Morgan fingerprint density at radius 1 is 1.16 bits per heavy atom. The number of rotatable bonds is 9. The normalized spacial score (nSPS) is 19.7. The summed E-state index contributed by atoms with van der Waals surface area (Å²) in [5.41, 5.74) is 1.43. The van der Waals surface area contributed by atoms with Gasteiger partial charge in [0, 0.05) is 72.2 Å². The van der Waals surface area contributed by atoms with E-state index in [2.05, 4.69) is 57.4 Å². The van der Waals surface area contributed by atoms with Crippen molar-refractivity contribution in [2.45, 2.75) is 38.6 Å². The molecular weight excluding hydrogens is 503 g/mol. The first kappa shape index (κ1) is 26.4. The van der Waals surface area contributed by atoms with Crippen molar-refractivity contribution in [1.29, 1.82) is 0 Å². The van der Waals surface area contributed by atoms with E-state index < -0.39 is 0 Å². The highest BCUT2D eigenvalue weighted by molar-refractivity contribution is 14.0. The Morgan fingerprint density at radius 3 is 2.52 bits per heavy atom. The fraction of sp³-hybridized carbons (Fsp3) is 0.708. The molecule has 3 rings (SSSR count). The zero-order chi connectivity index (χ0) is 21.0. The van der Waals surface area contributed by atoms with E-state index in [4.69, 9.17) is 9.47 Å².